The Morgan fingerprint density at radius 2 is 1.97 bits per heavy atom. The molecule has 1 aromatic carbocycles. The van der Waals surface area contributed by atoms with Gasteiger partial charge in [-0.3, -0.25) is 4.98 Å². The van der Waals surface area contributed by atoms with E-state index in [0.717, 1.165) is 18.4 Å². The number of nitrogens with one attached hydrogen (secondary N) is 1. The van der Waals surface area contributed by atoms with E-state index in [1.807, 2.05) is 24.9 Å². The third-order valence-electron chi connectivity index (χ3n) is 7.06. The van der Waals surface area contributed by atoms with Gasteiger partial charge in [0.15, 0.2) is 0 Å². The molecule has 0 spiro atoms. The molecule has 4 heterocycles. The van der Waals surface area contributed by atoms with E-state index >= 15 is 4.39 Å². The predicted octanol–water partition coefficient (Wildman–Crippen LogP) is 3.09. The number of hydrogen-bond donors (Lipinski definition) is 2. The van der Waals surface area contributed by atoms with Crippen molar-refractivity contribution in [1.29, 1.82) is 0 Å². The van der Waals surface area contributed by atoms with Gasteiger partial charge in [-0.25, -0.2) is 9.37 Å². The number of hydrogen-bond acceptors (Lipinski definition) is 7. The van der Waals surface area contributed by atoms with E-state index in [1.165, 1.54) is 4.80 Å². The number of halogens is 1. The fourth-order valence-electron chi connectivity index (χ4n) is 5.23. The molecule has 4 atom stereocenters. The molecule has 0 radical (unpaired) electrons. The van der Waals surface area contributed by atoms with Crippen molar-refractivity contribution in [1.82, 2.24) is 30.3 Å². The van der Waals surface area contributed by atoms with E-state index in [2.05, 4.69) is 32.4 Å². The van der Waals surface area contributed by atoms with Gasteiger partial charge in [-0.05, 0) is 45.2 Å². The van der Waals surface area contributed by atoms with Crippen molar-refractivity contribution >= 4 is 5.82 Å². The molecule has 9 heteroatoms. The molecular formula is C23H28FN7O. The Morgan fingerprint density at radius 3 is 2.62 bits per heavy atom. The number of rotatable bonds is 4. The number of aromatic nitrogens is 5. The van der Waals surface area contributed by atoms with Crippen LogP contribution in [0.15, 0.2) is 36.8 Å². The third kappa shape index (κ3) is 3.40. The Bertz CT molecular complexity index is 1150. The summed E-state index contributed by atoms with van der Waals surface area (Å²) in [5, 5.41) is 22.4. The minimum atomic E-state index is -0.998. The molecule has 5 rings (SSSR count). The minimum absolute atomic E-state index is 0.0553. The molecular weight excluding hydrogens is 409 g/mol. The van der Waals surface area contributed by atoms with Crippen LogP contribution in [0.2, 0.25) is 0 Å². The van der Waals surface area contributed by atoms with Crippen molar-refractivity contribution < 1.29 is 9.50 Å². The largest absolute Gasteiger partial charge is 0.507 e. The van der Waals surface area contributed by atoms with Crippen LogP contribution in [0.4, 0.5) is 10.2 Å². The molecule has 8 nitrogen and oxygen atoms in total. The van der Waals surface area contributed by atoms with Crippen molar-refractivity contribution in [3.63, 3.8) is 0 Å². The van der Waals surface area contributed by atoms with Crippen LogP contribution >= 0.6 is 0 Å². The first-order chi connectivity index (χ1) is 15.2. The van der Waals surface area contributed by atoms with Crippen LogP contribution in [0, 0.1) is 0 Å². The van der Waals surface area contributed by atoms with Gasteiger partial charge in [0.1, 0.15) is 23.4 Å². The van der Waals surface area contributed by atoms with Crippen LogP contribution in [0.25, 0.3) is 22.5 Å². The highest BCUT2D eigenvalue weighted by Gasteiger charge is 2.56. The number of alkyl halides is 1. The minimum Gasteiger partial charge on any atom is -0.507 e. The van der Waals surface area contributed by atoms with Crippen molar-refractivity contribution in [3.8, 4) is 28.3 Å². The highest BCUT2D eigenvalue weighted by Crippen LogP contribution is 2.45. The molecule has 0 saturated carbocycles. The lowest BCUT2D eigenvalue weighted by atomic mass is 9.82. The Balaban J connectivity index is 1.37. The standard InChI is InChI=1S/C23H28FN7O/c1-22-7-8-23(2,29-22)21(24)18(10-22)30(3)20-13-25-17(11-26-20)15-6-5-14(9-19(15)32)16-12-27-31(4)28-16/h5-6,9,11-13,18,21,29,32H,7-8,10H2,1-4H3/t18-,21-,22-,23+/m0/s1. The second-order valence-corrected chi connectivity index (χ2v) is 9.60. The van der Waals surface area contributed by atoms with E-state index in [1.54, 1.807) is 37.8 Å². The summed E-state index contributed by atoms with van der Waals surface area (Å²) >= 11 is 0. The molecule has 2 saturated heterocycles. The summed E-state index contributed by atoms with van der Waals surface area (Å²) < 4.78 is 15.4. The zero-order valence-corrected chi connectivity index (χ0v) is 18.7. The third-order valence-corrected chi connectivity index (χ3v) is 7.06. The average Bonchev–Trinajstić information content (AvgIpc) is 3.32. The molecule has 0 amide bonds. The number of benzene rings is 1. The maximum absolute atomic E-state index is 15.4. The Hall–Kier alpha value is -3.07. The Kier molecular flexibility index (Phi) is 4.70. The predicted molar refractivity (Wildman–Crippen MR) is 120 cm³/mol. The highest BCUT2D eigenvalue weighted by molar-refractivity contribution is 5.72. The van der Waals surface area contributed by atoms with Crippen LogP contribution < -0.4 is 10.2 Å². The fraction of sp³-hybridized carbons (Fsp3) is 0.478. The zero-order chi connectivity index (χ0) is 22.7. The second kappa shape index (κ2) is 7.23. The monoisotopic (exact) mass is 437 g/mol. The van der Waals surface area contributed by atoms with E-state index in [9.17, 15) is 5.11 Å². The number of anilines is 1. The number of phenolic OH excluding ortho intramolecular Hbond substituents is 1. The van der Waals surface area contributed by atoms with Gasteiger partial charge in [0.2, 0.25) is 0 Å². The van der Waals surface area contributed by atoms with Gasteiger partial charge in [0, 0.05) is 36.3 Å². The molecule has 2 aromatic heterocycles. The molecule has 32 heavy (non-hydrogen) atoms. The lowest BCUT2D eigenvalue weighted by Gasteiger charge is -2.47. The summed E-state index contributed by atoms with van der Waals surface area (Å²) in [4.78, 5) is 12.4. The quantitative estimate of drug-likeness (QED) is 0.648. The number of nitrogens with zero attached hydrogens (tertiary/aromatic N) is 6. The van der Waals surface area contributed by atoms with Crippen molar-refractivity contribution in [2.45, 2.75) is 56.4 Å². The summed E-state index contributed by atoms with van der Waals surface area (Å²) in [6.07, 6.45) is 6.44. The first-order valence-corrected chi connectivity index (χ1v) is 10.9. The molecule has 0 unspecified atom stereocenters. The van der Waals surface area contributed by atoms with Crippen molar-refractivity contribution in [3.05, 3.63) is 36.8 Å². The summed E-state index contributed by atoms with van der Waals surface area (Å²) in [7, 11) is 3.62. The van der Waals surface area contributed by atoms with Gasteiger partial charge in [-0.1, -0.05) is 6.07 Å². The second-order valence-electron chi connectivity index (χ2n) is 9.60. The number of phenols is 1. The normalized spacial score (nSPS) is 29.3. The van der Waals surface area contributed by atoms with Gasteiger partial charge in [0.05, 0.1) is 30.3 Å². The molecule has 0 aliphatic carbocycles. The molecule has 2 aliphatic rings. The van der Waals surface area contributed by atoms with E-state index < -0.39 is 11.7 Å². The van der Waals surface area contributed by atoms with E-state index in [-0.39, 0.29) is 17.3 Å². The van der Waals surface area contributed by atoms with Crippen LogP contribution in [0.1, 0.15) is 33.1 Å². The molecule has 2 bridgehead atoms. The summed E-state index contributed by atoms with van der Waals surface area (Å²) in [5.41, 5.74) is 2.00. The van der Waals surface area contributed by atoms with Gasteiger partial charge in [0.25, 0.3) is 0 Å². The number of aromatic hydroxyl groups is 1. The first-order valence-electron chi connectivity index (χ1n) is 10.9. The maximum Gasteiger partial charge on any atom is 0.147 e. The number of fused-ring (bicyclic) bond motifs is 2. The van der Waals surface area contributed by atoms with Crippen molar-refractivity contribution in [2.24, 2.45) is 7.05 Å². The summed E-state index contributed by atoms with van der Waals surface area (Å²) in [5.74, 6) is 0.703. The van der Waals surface area contributed by atoms with Gasteiger partial charge >= 0.3 is 0 Å². The van der Waals surface area contributed by atoms with Gasteiger partial charge in [-0.15, -0.1) is 0 Å². The fourth-order valence-corrected chi connectivity index (χ4v) is 5.23. The molecule has 2 N–H and O–H groups in total. The van der Waals surface area contributed by atoms with E-state index in [4.69, 9.17) is 0 Å². The summed E-state index contributed by atoms with van der Waals surface area (Å²) in [6, 6.07) is 5.02. The lowest BCUT2D eigenvalue weighted by Crippen LogP contribution is -2.65. The molecule has 2 aliphatic heterocycles. The highest BCUT2D eigenvalue weighted by atomic mass is 19.1. The van der Waals surface area contributed by atoms with Crippen LogP contribution in [-0.4, -0.2) is 60.4 Å². The van der Waals surface area contributed by atoms with Crippen LogP contribution in [-0.2, 0) is 7.05 Å². The van der Waals surface area contributed by atoms with E-state index in [0.29, 0.717) is 29.2 Å². The van der Waals surface area contributed by atoms with Gasteiger partial charge in [-0.2, -0.15) is 15.0 Å². The van der Waals surface area contributed by atoms with Crippen molar-refractivity contribution in [2.75, 3.05) is 11.9 Å². The Labute approximate surface area is 186 Å². The smallest absolute Gasteiger partial charge is 0.147 e. The lowest BCUT2D eigenvalue weighted by molar-refractivity contribution is 0.0859. The SMILES string of the molecule is CN(c1cnc(-c2ccc(-c3cnn(C)n3)cc2O)cn1)[C@H]1C[C@]2(C)CC[C@@](C)(N2)[C@H]1F. The number of aryl methyl sites for hydroxylation is 1. The molecule has 3 aromatic rings. The maximum atomic E-state index is 15.4. The van der Waals surface area contributed by atoms with Gasteiger partial charge < -0.3 is 15.3 Å². The zero-order valence-electron chi connectivity index (χ0n) is 18.7. The summed E-state index contributed by atoms with van der Waals surface area (Å²) in [6.45, 7) is 4.15. The first kappa shape index (κ1) is 20.8. The average molecular weight is 438 g/mol. The number of piperidine rings is 1. The van der Waals surface area contributed by atoms with Crippen LogP contribution in [0.3, 0.4) is 0 Å². The molecule has 2 fully saturated rings. The molecule has 168 valence electrons. The topological polar surface area (TPSA) is 92.0 Å². The Morgan fingerprint density at radius 1 is 1.16 bits per heavy atom. The van der Waals surface area contributed by atoms with Crippen LogP contribution in [0.5, 0.6) is 5.75 Å².